The lowest BCUT2D eigenvalue weighted by molar-refractivity contribution is 0.216. The van der Waals surface area contributed by atoms with Gasteiger partial charge in [0.25, 0.3) is 5.56 Å². The molecule has 1 aliphatic rings. The molecular formula is C16H18N6O2. The van der Waals surface area contributed by atoms with E-state index in [1.807, 2.05) is 6.20 Å². The third kappa shape index (κ3) is 3.00. The van der Waals surface area contributed by atoms with Gasteiger partial charge in [-0.2, -0.15) is 5.10 Å². The van der Waals surface area contributed by atoms with E-state index in [1.54, 1.807) is 46.4 Å². The Kier molecular flexibility index (Phi) is 3.96. The van der Waals surface area contributed by atoms with Crippen LogP contribution in [0.3, 0.4) is 0 Å². The molecule has 0 N–H and O–H groups in total. The van der Waals surface area contributed by atoms with Crippen LogP contribution in [-0.4, -0.2) is 42.0 Å². The Balaban J connectivity index is 1.53. The standard InChI is InChI=1S/C16H18N6O2/c23-16-4-3-15(21-7-5-17-12-21)19-22(16)10-14-2-1-6-20(14)9-13-8-18-24-11-13/h3-5,7-8,11-12,14H,1-2,6,9-10H2. The SMILES string of the molecule is O=c1ccc(-n2ccnc2)nn1CC1CCCN1Cc1cnoc1. The Bertz CT molecular complexity index is 840. The normalized spacial score (nSPS) is 18.2. The summed E-state index contributed by atoms with van der Waals surface area (Å²) in [6.45, 7) is 2.36. The van der Waals surface area contributed by atoms with Crippen molar-refractivity contribution in [2.24, 2.45) is 0 Å². The monoisotopic (exact) mass is 326 g/mol. The van der Waals surface area contributed by atoms with Crippen LogP contribution in [0.25, 0.3) is 5.82 Å². The summed E-state index contributed by atoms with van der Waals surface area (Å²) in [4.78, 5) is 18.6. The molecular weight excluding hydrogens is 308 g/mol. The summed E-state index contributed by atoms with van der Waals surface area (Å²) >= 11 is 0. The van der Waals surface area contributed by atoms with E-state index in [9.17, 15) is 4.79 Å². The van der Waals surface area contributed by atoms with Crippen molar-refractivity contribution in [3.63, 3.8) is 0 Å². The van der Waals surface area contributed by atoms with Gasteiger partial charge in [-0.1, -0.05) is 5.16 Å². The highest BCUT2D eigenvalue weighted by Gasteiger charge is 2.26. The van der Waals surface area contributed by atoms with Crippen LogP contribution in [0, 0.1) is 0 Å². The number of hydrogen-bond donors (Lipinski definition) is 0. The van der Waals surface area contributed by atoms with Crippen molar-refractivity contribution < 1.29 is 4.52 Å². The summed E-state index contributed by atoms with van der Waals surface area (Å²) in [6.07, 6.45) is 10.7. The molecule has 1 atom stereocenters. The molecule has 1 saturated heterocycles. The molecule has 0 aliphatic carbocycles. The lowest BCUT2D eigenvalue weighted by atomic mass is 10.2. The predicted molar refractivity (Wildman–Crippen MR) is 85.6 cm³/mol. The van der Waals surface area contributed by atoms with Crippen LogP contribution < -0.4 is 5.56 Å². The molecule has 24 heavy (non-hydrogen) atoms. The minimum absolute atomic E-state index is 0.0873. The Morgan fingerprint density at radius 2 is 2.29 bits per heavy atom. The van der Waals surface area contributed by atoms with Gasteiger partial charge in [0.15, 0.2) is 5.82 Å². The fourth-order valence-electron chi connectivity index (χ4n) is 3.15. The molecule has 0 amide bonds. The quantitative estimate of drug-likeness (QED) is 0.698. The molecule has 4 rings (SSSR count). The van der Waals surface area contributed by atoms with Crippen LogP contribution in [0.2, 0.25) is 0 Å². The maximum absolute atomic E-state index is 12.2. The van der Waals surface area contributed by atoms with Crippen molar-refractivity contribution >= 4 is 0 Å². The molecule has 124 valence electrons. The zero-order valence-corrected chi connectivity index (χ0v) is 13.2. The van der Waals surface area contributed by atoms with Gasteiger partial charge >= 0.3 is 0 Å². The van der Waals surface area contributed by atoms with Gasteiger partial charge in [-0.3, -0.25) is 14.3 Å². The molecule has 3 aromatic rings. The van der Waals surface area contributed by atoms with Crippen molar-refractivity contribution in [1.82, 2.24) is 29.4 Å². The fourth-order valence-corrected chi connectivity index (χ4v) is 3.15. The molecule has 0 radical (unpaired) electrons. The van der Waals surface area contributed by atoms with Crippen molar-refractivity contribution in [3.8, 4) is 5.82 Å². The average molecular weight is 326 g/mol. The summed E-state index contributed by atoms with van der Waals surface area (Å²) in [5, 5.41) is 8.23. The van der Waals surface area contributed by atoms with Gasteiger partial charge in [-0.05, 0) is 25.5 Å². The second-order valence-electron chi connectivity index (χ2n) is 5.98. The van der Waals surface area contributed by atoms with Gasteiger partial charge in [0.2, 0.25) is 0 Å². The molecule has 3 aromatic heterocycles. The molecule has 0 spiro atoms. The summed E-state index contributed by atoms with van der Waals surface area (Å²) < 4.78 is 8.24. The van der Waals surface area contributed by atoms with Crippen LogP contribution >= 0.6 is 0 Å². The molecule has 0 aromatic carbocycles. The van der Waals surface area contributed by atoms with E-state index in [0.717, 1.165) is 31.5 Å². The van der Waals surface area contributed by atoms with Crippen molar-refractivity contribution in [2.75, 3.05) is 6.54 Å². The number of nitrogens with zero attached hydrogens (tertiary/aromatic N) is 6. The number of aromatic nitrogens is 5. The molecule has 0 saturated carbocycles. The zero-order chi connectivity index (χ0) is 16.4. The molecule has 8 heteroatoms. The van der Waals surface area contributed by atoms with E-state index in [0.29, 0.717) is 12.4 Å². The van der Waals surface area contributed by atoms with E-state index in [2.05, 4.69) is 20.1 Å². The van der Waals surface area contributed by atoms with E-state index < -0.39 is 0 Å². The van der Waals surface area contributed by atoms with Crippen molar-refractivity contribution in [3.05, 3.63) is 59.2 Å². The Hall–Kier alpha value is -2.74. The molecule has 1 fully saturated rings. The van der Waals surface area contributed by atoms with E-state index >= 15 is 0 Å². The molecule has 4 heterocycles. The van der Waals surface area contributed by atoms with Gasteiger partial charge < -0.3 is 4.52 Å². The maximum atomic E-state index is 12.2. The van der Waals surface area contributed by atoms with Crippen LogP contribution in [0.5, 0.6) is 0 Å². The first kappa shape index (κ1) is 14.8. The Morgan fingerprint density at radius 1 is 1.33 bits per heavy atom. The lowest BCUT2D eigenvalue weighted by Gasteiger charge is -2.24. The van der Waals surface area contributed by atoms with Gasteiger partial charge in [0.05, 0.1) is 12.7 Å². The van der Waals surface area contributed by atoms with E-state index in [-0.39, 0.29) is 11.6 Å². The van der Waals surface area contributed by atoms with Gasteiger partial charge in [-0.15, -0.1) is 0 Å². The van der Waals surface area contributed by atoms with Gasteiger partial charge in [0, 0.05) is 36.6 Å². The second kappa shape index (κ2) is 6.40. The topological polar surface area (TPSA) is 82.0 Å². The first-order valence-electron chi connectivity index (χ1n) is 7.98. The highest BCUT2D eigenvalue weighted by molar-refractivity contribution is 5.19. The molecule has 0 bridgehead atoms. The van der Waals surface area contributed by atoms with Crippen LogP contribution in [0.1, 0.15) is 18.4 Å². The second-order valence-corrected chi connectivity index (χ2v) is 5.98. The Morgan fingerprint density at radius 3 is 3.08 bits per heavy atom. The summed E-state index contributed by atoms with van der Waals surface area (Å²) in [5.41, 5.74) is 0.963. The third-order valence-corrected chi connectivity index (χ3v) is 4.37. The lowest BCUT2D eigenvalue weighted by Crippen LogP contribution is -2.36. The molecule has 8 nitrogen and oxygen atoms in total. The number of imidazole rings is 1. The number of hydrogen-bond acceptors (Lipinski definition) is 6. The zero-order valence-electron chi connectivity index (χ0n) is 13.2. The largest absolute Gasteiger partial charge is 0.364 e. The minimum Gasteiger partial charge on any atom is -0.364 e. The fraction of sp³-hybridized carbons (Fsp3) is 0.375. The smallest absolute Gasteiger partial charge is 0.266 e. The van der Waals surface area contributed by atoms with Gasteiger partial charge in [-0.25, -0.2) is 9.67 Å². The molecule has 1 aliphatic heterocycles. The van der Waals surface area contributed by atoms with Gasteiger partial charge in [0.1, 0.15) is 12.6 Å². The first-order chi connectivity index (χ1) is 11.8. The summed E-state index contributed by atoms with van der Waals surface area (Å²) in [6, 6.07) is 3.55. The number of rotatable bonds is 5. The van der Waals surface area contributed by atoms with Crippen molar-refractivity contribution in [1.29, 1.82) is 0 Å². The summed E-state index contributed by atoms with van der Waals surface area (Å²) in [5.74, 6) is 0.690. The summed E-state index contributed by atoms with van der Waals surface area (Å²) in [7, 11) is 0. The predicted octanol–water partition coefficient (Wildman–Crippen LogP) is 1.08. The number of likely N-dealkylation sites (tertiary alicyclic amines) is 1. The van der Waals surface area contributed by atoms with Crippen LogP contribution in [0.4, 0.5) is 0 Å². The van der Waals surface area contributed by atoms with Crippen LogP contribution in [0.15, 0.2) is 52.6 Å². The highest BCUT2D eigenvalue weighted by Crippen LogP contribution is 2.21. The van der Waals surface area contributed by atoms with E-state index in [4.69, 9.17) is 4.52 Å². The molecule has 1 unspecified atom stereocenters. The van der Waals surface area contributed by atoms with Crippen molar-refractivity contribution in [2.45, 2.75) is 32.0 Å². The Labute approximate surface area is 138 Å². The van der Waals surface area contributed by atoms with Crippen LogP contribution in [-0.2, 0) is 13.1 Å². The highest BCUT2D eigenvalue weighted by atomic mass is 16.5. The first-order valence-corrected chi connectivity index (χ1v) is 7.98. The minimum atomic E-state index is -0.0873. The maximum Gasteiger partial charge on any atom is 0.266 e. The van der Waals surface area contributed by atoms with E-state index in [1.165, 1.54) is 0 Å². The average Bonchev–Trinajstić information content (AvgIpc) is 3.33. The third-order valence-electron chi connectivity index (χ3n) is 4.37.